The first-order chi connectivity index (χ1) is 7.50. The molecular weight excluding hydrogens is 218 g/mol. The average Bonchev–Trinajstić information content (AvgIpc) is 2.36. The van der Waals surface area contributed by atoms with Crippen molar-refractivity contribution in [1.82, 2.24) is 5.32 Å². The molecule has 0 aromatic carbocycles. The van der Waals surface area contributed by atoms with E-state index in [1.165, 1.54) is 0 Å². The third-order valence-electron chi connectivity index (χ3n) is 2.19. The summed E-state index contributed by atoms with van der Waals surface area (Å²) in [5, 5.41) is 3.35. The van der Waals surface area contributed by atoms with Crippen LogP contribution in [0.2, 0.25) is 0 Å². The summed E-state index contributed by atoms with van der Waals surface area (Å²) in [6.45, 7) is 16.1. The van der Waals surface area contributed by atoms with Crippen LogP contribution >= 0.6 is 12.6 Å². The lowest BCUT2D eigenvalue weighted by Gasteiger charge is -2.25. The highest BCUT2D eigenvalue weighted by Gasteiger charge is 2.27. The highest BCUT2D eigenvalue weighted by atomic mass is 32.1. The van der Waals surface area contributed by atoms with E-state index in [9.17, 15) is 0 Å². The molecule has 1 aliphatic rings. The van der Waals surface area contributed by atoms with E-state index in [1.54, 1.807) is 12.2 Å². The van der Waals surface area contributed by atoms with E-state index >= 15 is 0 Å². The predicted molar refractivity (Wildman–Crippen MR) is 74.7 cm³/mol. The summed E-state index contributed by atoms with van der Waals surface area (Å²) in [5.74, 6) is 0.790. The number of ether oxygens (including phenoxy) is 1. The van der Waals surface area contributed by atoms with Gasteiger partial charge in [0.25, 0.3) is 0 Å². The lowest BCUT2D eigenvalue weighted by Crippen LogP contribution is -2.44. The number of rotatable bonds is 2. The van der Waals surface area contributed by atoms with Crippen LogP contribution in [0, 0.1) is 0 Å². The van der Waals surface area contributed by atoms with Crippen molar-refractivity contribution in [2.24, 2.45) is 0 Å². The second-order valence-electron chi connectivity index (χ2n) is 3.66. The fourth-order valence-corrected chi connectivity index (χ4v) is 1.81. The van der Waals surface area contributed by atoms with Crippen LogP contribution < -0.4 is 5.32 Å². The van der Waals surface area contributed by atoms with E-state index in [4.69, 9.17) is 4.74 Å². The first-order valence-corrected chi connectivity index (χ1v) is 6.07. The third kappa shape index (κ3) is 4.06. The van der Waals surface area contributed by atoms with Crippen molar-refractivity contribution in [2.75, 3.05) is 6.61 Å². The molecule has 1 heterocycles. The number of allylic oxidation sites excluding steroid dienone is 1. The van der Waals surface area contributed by atoms with Gasteiger partial charge in [-0.1, -0.05) is 33.1 Å². The van der Waals surface area contributed by atoms with Crippen LogP contribution in [0.15, 0.2) is 36.6 Å². The molecule has 92 valence electrons. The van der Waals surface area contributed by atoms with Gasteiger partial charge < -0.3 is 4.74 Å². The Labute approximate surface area is 105 Å². The maximum atomic E-state index is 5.59. The molecule has 0 fully saturated rings. The van der Waals surface area contributed by atoms with Gasteiger partial charge in [-0.2, -0.15) is 12.6 Å². The number of nitrogens with one attached hydrogen (secondary N) is 1. The molecule has 1 rings (SSSR count). The zero-order valence-electron chi connectivity index (χ0n) is 10.7. The van der Waals surface area contributed by atoms with Crippen LogP contribution in [0.5, 0.6) is 0 Å². The lowest BCUT2D eigenvalue weighted by atomic mass is 10.1. The van der Waals surface area contributed by atoms with Crippen LogP contribution in [0.25, 0.3) is 0 Å². The molecule has 0 aliphatic carbocycles. The third-order valence-corrected chi connectivity index (χ3v) is 2.45. The molecule has 2 atom stereocenters. The van der Waals surface area contributed by atoms with Gasteiger partial charge in [-0.25, -0.2) is 0 Å². The Hall–Kier alpha value is -0.670. The van der Waals surface area contributed by atoms with Crippen molar-refractivity contribution in [2.45, 2.75) is 38.6 Å². The largest absolute Gasteiger partial charge is 0.490 e. The molecule has 0 saturated heterocycles. The number of hydrogen-bond donors (Lipinski definition) is 2. The fourth-order valence-electron chi connectivity index (χ4n) is 1.55. The summed E-state index contributed by atoms with van der Waals surface area (Å²) in [7, 11) is 0. The van der Waals surface area contributed by atoms with Crippen molar-refractivity contribution in [1.29, 1.82) is 0 Å². The summed E-state index contributed by atoms with van der Waals surface area (Å²) in [5.41, 5.74) is 1.03. The van der Waals surface area contributed by atoms with Crippen LogP contribution in [-0.2, 0) is 4.74 Å². The van der Waals surface area contributed by atoms with Crippen molar-refractivity contribution >= 4 is 12.6 Å². The second kappa shape index (κ2) is 6.81. The molecule has 2 nitrogen and oxygen atoms in total. The molecule has 1 N–H and O–H groups in total. The first kappa shape index (κ1) is 15.3. The molecule has 0 aromatic heterocycles. The summed E-state index contributed by atoms with van der Waals surface area (Å²) >= 11 is 4.47. The maximum absolute atomic E-state index is 5.59. The number of hydrogen-bond acceptors (Lipinski definition) is 3. The molecule has 0 bridgehead atoms. The molecule has 0 aromatic rings. The molecule has 16 heavy (non-hydrogen) atoms. The average molecular weight is 241 g/mol. The Morgan fingerprint density at radius 1 is 1.44 bits per heavy atom. The van der Waals surface area contributed by atoms with Gasteiger partial charge in [0.05, 0.1) is 4.87 Å². The molecule has 3 heteroatoms. The van der Waals surface area contributed by atoms with Gasteiger partial charge in [-0.3, -0.25) is 5.32 Å². The molecule has 0 saturated carbocycles. The molecule has 0 spiro atoms. The maximum Gasteiger partial charge on any atom is 0.123 e. The van der Waals surface area contributed by atoms with E-state index < -0.39 is 0 Å². The van der Waals surface area contributed by atoms with Gasteiger partial charge in [0.15, 0.2) is 0 Å². The molecular formula is C13H23NOS. The highest BCUT2D eigenvalue weighted by molar-refractivity contribution is 7.81. The molecule has 1 aliphatic heterocycles. The van der Waals surface area contributed by atoms with Crippen LogP contribution in [-0.4, -0.2) is 17.5 Å². The van der Waals surface area contributed by atoms with Crippen molar-refractivity contribution in [3.05, 3.63) is 36.6 Å². The van der Waals surface area contributed by atoms with Crippen LogP contribution in [0.3, 0.4) is 0 Å². The van der Waals surface area contributed by atoms with E-state index in [-0.39, 0.29) is 10.9 Å². The van der Waals surface area contributed by atoms with Crippen molar-refractivity contribution in [3.63, 3.8) is 0 Å². The minimum atomic E-state index is -0.321. The van der Waals surface area contributed by atoms with Gasteiger partial charge in [0.2, 0.25) is 0 Å². The summed E-state index contributed by atoms with van der Waals surface area (Å²) in [6, 6.07) is 0.172. The molecule has 0 radical (unpaired) electrons. The van der Waals surface area contributed by atoms with Gasteiger partial charge in [0.1, 0.15) is 12.4 Å². The van der Waals surface area contributed by atoms with Gasteiger partial charge >= 0.3 is 0 Å². The Morgan fingerprint density at radius 3 is 2.44 bits per heavy atom. The Kier molecular flexibility index (Phi) is 6.53. The van der Waals surface area contributed by atoms with Gasteiger partial charge in [0, 0.05) is 11.6 Å². The van der Waals surface area contributed by atoms with E-state index in [2.05, 4.69) is 38.0 Å². The van der Waals surface area contributed by atoms with Gasteiger partial charge in [-0.15, -0.1) is 0 Å². The van der Waals surface area contributed by atoms with Crippen molar-refractivity contribution in [3.8, 4) is 0 Å². The summed E-state index contributed by atoms with van der Waals surface area (Å²) in [4.78, 5) is -0.321. The quantitative estimate of drug-likeness (QED) is 0.724. The topological polar surface area (TPSA) is 21.3 Å². The minimum absolute atomic E-state index is 0.172. The van der Waals surface area contributed by atoms with E-state index in [0.29, 0.717) is 6.61 Å². The number of thiol groups is 1. The Morgan fingerprint density at radius 2 is 2.00 bits per heavy atom. The summed E-state index contributed by atoms with van der Waals surface area (Å²) < 4.78 is 5.59. The first-order valence-electron chi connectivity index (χ1n) is 5.62. The van der Waals surface area contributed by atoms with Crippen LogP contribution in [0.1, 0.15) is 27.7 Å². The van der Waals surface area contributed by atoms with Gasteiger partial charge in [-0.05, 0) is 19.9 Å². The smallest absolute Gasteiger partial charge is 0.123 e. The molecule has 2 unspecified atom stereocenters. The van der Waals surface area contributed by atoms with Crippen LogP contribution in [0.4, 0.5) is 0 Å². The Balaban J connectivity index is 0.00000106. The second-order valence-corrected chi connectivity index (χ2v) is 4.64. The predicted octanol–water partition coefficient (Wildman–Crippen LogP) is 3.29. The standard InChI is InChI=1S/C11H17NOS.C2H6/c1-5-9-8(3)12-11(4,14)7-13-10(9)6-2;1-2/h5-6,8,12,14H,1-2,7H2,3-4H3;1-2H3. The zero-order valence-corrected chi connectivity index (χ0v) is 11.6. The summed E-state index contributed by atoms with van der Waals surface area (Å²) in [6.07, 6.45) is 3.51. The SMILES string of the molecule is C=CC1=C(C=C)C(C)NC(C)(S)CO1.CC. The monoisotopic (exact) mass is 241 g/mol. The minimum Gasteiger partial charge on any atom is -0.490 e. The molecule has 0 amide bonds. The lowest BCUT2D eigenvalue weighted by molar-refractivity contribution is 0.192. The Bertz CT molecular complexity index is 282. The van der Waals surface area contributed by atoms with E-state index in [0.717, 1.165) is 11.3 Å². The van der Waals surface area contributed by atoms with E-state index in [1.807, 2.05) is 20.8 Å². The fraction of sp³-hybridized carbons (Fsp3) is 0.538. The van der Waals surface area contributed by atoms with Crippen molar-refractivity contribution < 1.29 is 4.74 Å². The normalized spacial score (nSPS) is 29.4. The highest BCUT2D eigenvalue weighted by Crippen LogP contribution is 2.23. The zero-order chi connectivity index (χ0) is 12.8.